The fourth-order valence-corrected chi connectivity index (χ4v) is 4.02. The molecule has 0 bridgehead atoms. The van der Waals surface area contributed by atoms with E-state index >= 15 is 0 Å². The highest BCUT2D eigenvalue weighted by atomic mass is 16.3. The summed E-state index contributed by atoms with van der Waals surface area (Å²) in [6.07, 6.45) is 9.27. The SMILES string of the molecule is CC(C)N1CCCCC1Cc1ncc2n1CC(CO)CC2. The Kier molecular flexibility index (Phi) is 4.65. The molecule has 1 aromatic heterocycles. The molecule has 0 saturated carbocycles. The molecule has 2 aliphatic rings. The molecule has 2 unspecified atom stereocenters. The summed E-state index contributed by atoms with van der Waals surface area (Å²) in [6, 6.07) is 1.26. The first-order chi connectivity index (χ1) is 10.2. The summed E-state index contributed by atoms with van der Waals surface area (Å²) in [7, 11) is 0. The molecule has 4 heteroatoms. The Morgan fingerprint density at radius 1 is 1.33 bits per heavy atom. The first kappa shape index (κ1) is 15.0. The van der Waals surface area contributed by atoms with Gasteiger partial charge in [-0.2, -0.15) is 0 Å². The van der Waals surface area contributed by atoms with E-state index in [2.05, 4.69) is 29.5 Å². The first-order valence-electron chi connectivity index (χ1n) is 8.59. The molecule has 1 fully saturated rings. The second-order valence-corrected chi connectivity index (χ2v) is 7.05. The van der Waals surface area contributed by atoms with Crippen molar-refractivity contribution in [2.24, 2.45) is 5.92 Å². The van der Waals surface area contributed by atoms with Crippen LogP contribution in [0.4, 0.5) is 0 Å². The minimum atomic E-state index is 0.304. The van der Waals surface area contributed by atoms with E-state index in [0.29, 0.717) is 24.6 Å². The standard InChI is InChI=1S/C17H29N3O/c1-13(2)19-8-4-3-5-15(19)9-17-18-10-16-7-6-14(12-21)11-20(16)17/h10,13-15,21H,3-9,11-12H2,1-2H3. The number of aryl methyl sites for hydroxylation is 1. The van der Waals surface area contributed by atoms with E-state index in [-0.39, 0.29) is 0 Å². The Balaban J connectivity index is 1.74. The number of imidazole rings is 1. The lowest BCUT2D eigenvalue weighted by Gasteiger charge is -2.38. The van der Waals surface area contributed by atoms with Crippen molar-refractivity contribution in [3.8, 4) is 0 Å². The fraction of sp³-hybridized carbons (Fsp3) is 0.824. The zero-order valence-corrected chi connectivity index (χ0v) is 13.5. The summed E-state index contributed by atoms with van der Waals surface area (Å²) in [5, 5.41) is 9.44. The quantitative estimate of drug-likeness (QED) is 0.925. The van der Waals surface area contributed by atoms with Crippen LogP contribution in [0, 0.1) is 5.92 Å². The van der Waals surface area contributed by atoms with Crippen LogP contribution in [0.15, 0.2) is 6.20 Å². The Hall–Kier alpha value is -0.870. The van der Waals surface area contributed by atoms with Gasteiger partial charge in [0.1, 0.15) is 5.82 Å². The van der Waals surface area contributed by atoms with Gasteiger partial charge in [-0.15, -0.1) is 0 Å². The van der Waals surface area contributed by atoms with Gasteiger partial charge in [-0.05, 0) is 46.1 Å². The number of piperidine rings is 1. The molecule has 2 aliphatic heterocycles. The van der Waals surface area contributed by atoms with Crippen LogP contribution in [0.25, 0.3) is 0 Å². The summed E-state index contributed by atoms with van der Waals surface area (Å²) in [6.45, 7) is 7.10. The van der Waals surface area contributed by atoms with Gasteiger partial charge in [0.25, 0.3) is 0 Å². The van der Waals surface area contributed by atoms with E-state index in [4.69, 9.17) is 4.98 Å². The molecule has 0 aliphatic carbocycles. The lowest BCUT2D eigenvalue weighted by atomic mass is 9.96. The van der Waals surface area contributed by atoms with Gasteiger partial charge in [-0.25, -0.2) is 4.98 Å². The van der Waals surface area contributed by atoms with Crippen molar-refractivity contribution in [2.75, 3.05) is 13.2 Å². The van der Waals surface area contributed by atoms with Crippen molar-refractivity contribution >= 4 is 0 Å². The number of aliphatic hydroxyl groups excluding tert-OH is 1. The zero-order chi connectivity index (χ0) is 14.8. The Morgan fingerprint density at radius 2 is 2.19 bits per heavy atom. The molecule has 1 saturated heterocycles. The maximum absolute atomic E-state index is 9.44. The first-order valence-corrected chi connectivity index (χ1v) is 8.59. The highest BCUT2D eigenvalue weighted by Crippen LogP contribution is 2.26. The predicted molar refractivity (Wildman–Crippen MR) is 84.3 cm³/mol. The van der Waals surface area contributed by atoms with Gasteiger partial charge in [0, 0.05) is 49.5 Å². The van der Waals surface area contributed by atoms with E-state index in [0.717, 1.165) is 25.8 Å². The van der Waals surface area contributed by atoms with Crippen molar-refractivity contribution in [1.82, 2.24) is 14.5 Å². The highest BCUT2D eigenvalue weighted by Gasteiger charge is 2.28. The van der Waals surface area contributed by atoms with Crippen molar-refractivity contribution in [1.29, 1.82) is 0 Å². The number of aromatic nitrogens is 2. The van der Waals surface area contributed by atoms with Crippen LogP contribution in [0.2, 0.25) is 0 Å². The monoisotopic (exact) mass is 291 g/mol. The summed E-state index contributed by atoms with van der Waals surface area (Å²) in [5.74, 6) is 1.65. The largest absolute Gasteiger partial charge is 0.396 e. The molecule has 1 aromatic rings. The number of likely N-dealkylation sites (tertiary alicyclic amines) is 1. The maximum atomic E-state index is 9.44. The van der Waals surface area contributed by atoms with Crippen LogP contribution in [0.3, 0.4) is 0 Å². The predicted octanol–water partition coefficient (Wildman–Crippen LogP) is 2.24. The third kappa shape index (κ3) is 3.16. The molecule has 21 heavy (non-hydrogen) atoms. The van der Waals surface area contributed by atoms with Crippen LogP contribution in [0.5, 0.6) is 0 Å². The number of nitrogens with zero attached hydrogens (tertiary/aromatic N) is 3. The number of hydrogen-bond acceptors (Lipinski definition) is 3. The highest BCUT2D eigenvalue weighted by molar-refractivity contribution is 5.10. The summed E-state index contributed by atoms with van der Waals surface area (Å²) in [5.41, 5.74) is 1.36. The summed E-state index contributed by atoms with van der Waals surface area (Å²) < 4.78 is 2.39. The molecule has 0 amide bonds. The van der Waals surface area contributed by atoms with Gasteiger partial charge in [0.2, 0.25) is 0 Å². The Bertz CT molecular complexity index is 469. The van der Waals surface area contributed by atoms with Gasteiger partial charge in [-0.1, -0.05) is 6.42 Å². The molecule has 118 valence electrons. The average molecular weight is 291 g/mol. The minimum absolute atomic E-state index is 0.304. The molecule has 4 nitrogen and oxygen atoms in total. The molecule has 3 heterocycles. The van der Waals surface area contributed by atoms with Crippen LogP contribution < -0.4 is 0 Å². The second-order valence-electron chi connectivity index (χ2n) is 7.05. The molecule has 0 spiro atoms. The Morgan fingerprint density at radius 3 is 2.95 bits per heavy atom. The number of aliphatic hydroxyl groups is 1. The fourth-order valence-electron chi connectivity index (χ4n) is 4.02. The molecule has 0 aromatic carbocycles. The van der Waals surface area contributed by atoms with Gasteiger partial charge in [-0.3, -0.25) is 4.90 Å². The van der Waals surface area contributed by atoms with E-state index < -0.39 is 0 Å². The van der Waals surface area contributed by atoms with Crippen molar-refractivity contribution in [3.63, 3.8) is 0 Å². The lowest BCUT2D eigenvalue weighted by Crippen LogP contribution is -2.45. The average Bonchev–Trinajstić information content (AvgIpc) is 2.90. The van der Waals surface area contributed by atoms with E-state index in [1.807, 2.05) is 0 Å². The van der Waals surface area contributed by atoms with Crippen molar-refractivity contribution < 1.29 is 5.11 Å². The van der Waals surface area contributed by atoms with E-state index in [9.17, 15) is 5.11 Å². The molecular formula is C17H29N3O. The second kappa shape index (κ2) is 6.49. The third-order valence-electron chi connectivity index (χ3n) is 5.28. The van der Waals surface area contributed by atoms with Crippen LogP contribution >= 0.6 is 0 Å². The van der Waals surface area contributed by atoms with E-state index in [1.165, 1.54) is 37.3 Å². The minimum Gasteiger partial charge on any atom is -0.396 e. The normalized spacial score (nSPS) is 27.0. The maximum Gasteiger partial charge on any atom is 0.110 e. The van der Waals surface area contributed by atoms with Crippen LogP contribution in [-0.4, -0.2) is 44.8 Å². The smallest absolute Gasteiger partial charge is 0.110 e. The summed E-state index contributed by atoms with van der Waals surface area (Å²) in [4.78, 5) is 7.36. The van der Waals surface area contributed by atoms with Gasteiger partial charge >= 0.3 is 0 Å². The zero-order valence-electron chi connectivity index (χ0n) is 13.5. The van der Waals surface area contributed by atoms with E-state index in [1.54, 1.807) is 0 Å². The van der Waals surface area contributed by atoms with Crippen molar-refractivity contribution in [3.05, 3.63) is 17.7 Å². The van der Waals surface area contributed by atoms with Gasteiger partial charge in [0.15, 0.2) is 0 Å². The molecule has 3 rings (SSSR count). The topological polar surface area (TPSA) is 41.3 Å². The lowest BCUT2D eigenvalue weighted by molar-refractivity contribution is 0.108. The number of fused-ring (bicyclic) bond motifs is 1. The van der Waals surface area contributed by atoms with Gasteiger partial charge in [0.05, 0.1) is 0 Å². The summed E-state index contributed by atoms with van der Waals surface area (Å²) >= 11 is 0. The Labute approximate surface area is 128 Å². The van der Waals surface area contributed by atoms with Crippen LogP contribution in [0.1, 0.15) is 51.0 Å². The van der Waals surface area contributed by atoms with Gasteiger partial charge < -0.3 is 9.67 Å². The molecule has 1 N–H and O–H groups in total. The van der Waals surface area contributed by atoms with Crippen molar-refractivity contribution in [2.45, 2.75) is 71.0 Å². The number of hydrogen-bond donors (Lipinski definition) is 1. The third-order valence-corrected chi connectivity index (χ3v) is 5.28. The molecule has 2 atom stereocenters. The molecule has 0 radical (unpaired) electrons. The number of rotatable bonds is 4. The van der Waals surface area contributed by atoms with Crippen LogP contribution in [-0.2, 0) is 19.4 Å². The molecular weight excluding hydrogens is 262 g/mol.